The van der Waals surface area contributed by atoms with Crippen LogP contribution in [0.4, 0.5) is 5.69 Å². The molecular formula is C20H21N3O2. The fraction of sp³-hybridized carbons (Fsp3) is 0.200. The predicted octanol–water partition coefficient (Wildman–Crippen LogP) is 3.14. The van der Waals surface area contributed by atoms with Gasteiger partial charge in [-0.2, -0.15) is 0 Å². The molecule has 0 saturated heterocycles. The van der Waals surface area contributed by atoms with Crippen molar-refractivity contribution < 1.29 is 9.59 Å². The number of anilines is 1. The third kappa shape index (κ3) is 4.26. The summed E-state index contributed by atoms with van der Waals surface area (Å²) in [5, 5.41) is 7.17. The Labute approximate surface area is 146 Å². The summed E-state index contributed by atoms with van der Waals surface area (Å²) in [5.41, 5.74) is 3.79. The molecule has 0 atom stereocenters. The Bertz CT molecular complexity index is 881. The van der Waals surface area contributed by atoms with Gasteiger partial charge < -0.3 is 15.6 Å². The number of aromatic nitrogens is 1. The third-order valence-electron chi connectivity index (χ3n) is 4.14. The first-order chi connectivity index (χ1) is 12.1. The van der Waals surface area contributed by atoms with Gasteiger partial charge >= 0.3 is 0 Å². The van der Waals surface area contributed by atoms with Gasteiger partial charge in [-0.3, -0.25) is 9.59 Å². The van der Waals surface area contributed by atoms with Gasteiger partial charge in [0.2, 0.25) is 5.91 Å². The summed E-state index contributed by atoms with van der Waals surface area (Å²) in [7, 11) is 0. The minimum absolute atomic E-state index is 0.0292. The molecule has 3 aromatic rings. The second-order valence-electron chi connectivity index (χ2n) is 5.95. The van der Waals surface area contributed by atoms with Gasteiger partial charge in [-0.15, -0.1) is 0 Å². The molecule has 5 nitrogen and oxygen atoms in total. The van der Waals surface area contributed by atoms with Crippen molar-refractivity contribution >= 4 is 28.3 Å². The molecule has 1 heterocycles. The highest BCUT2D eigenvalue weighted by Crippen LogP contribution is 2.17. The molecule has 5 heteroatoms. The largest absolute Gasteiger partial charge is 0.376 e. The molecule has 0 saturated carbocycles. The van der Waals surface area contributed by atoms with E-state index < -0.39 is 0 Å². The zero-order valence-corrected chi connectivity index (χ0v) is 14.1. The van der Waals surface area contributed by atoms with Crippen molar-refractivity contribution in [1.82, 2.24) is 10.3 Å². The summed E-state index contributed by atoms with van der Waals surface area (Å²) < 4.78 is 0. The van der Waals surface area contributed by atoms with Gasteiger partial charge in [-0.25, -0.2) is 0 Å². The van der Waals surface area contributed by atoms with Gasteiger partial charge in [0, 0.05) is 34.9 Å². The van der Waals surface area contributed by atoms with Crippen LogP contribution in [0, 0.1) is 0 Å². The number of aromatic amines is 1. The van der Waals surface area contributed by atoms with Crippen molar-refractivity contribution in [2.24, 2.45) is 0 Å². The van der Waals surface area contributed by atoms with Crippen LogP contribution in [-0.4, -0.2) is 29.8 Å². The van der Waals surface area contributed by atoms with Crippen LogP contribution in [0.1, 0.15) is 22.8 Å². The van der Waals surface area contributed by atoms with E-state index in [2.05, 4.69) is 21.7 Å². The van der Waals surface area contributed by atoms with Crippen molar-refractivity contribution in [3.05, 3.63) is 65.9 Å². The van der Waals surface area contributed by atoms with Crippen LogP contribution in [0.15, 0.2) is 54.7 Å². The van der Waals surface area contributed by atoms with Crippen molar-refractivity contribution in [2.75, 3.05) is 18.4 Å². The summed E-state index contributed by atoms with van der Waals surface area (Å²) in [6, 6.07) is 15.2. The average molecular weight is 335 g/mol. The Hall–Kier alpha value is -3.08. The van der Waals surface area contributed by atoms with E-state index in [9.17, 15) is 9.59 Å². The molecule has 1 amide bonds. The first-order valence-electron chi connectivity index (χ1n) is 8.30. The number of hydrogen-bond donors (Lipinski definition) is 3. The van der Waals surface area contributed by atoms with Crippen LogP contribution in [0.2, 0.25) is 0 Å². The molecule has 0 aliphatic carbocycles. The molecular weight excluding hydrogens is 314 g/mol. The lowest BCUT2D eigenvalue weighted by atomic mass is 10.1. The Kier molecular flexibility index (Phi) is 5.14. The van der Waals surface area contributed by atoms with E-state index in [0.29, 0.717) is 12.1 Å². The SMILES string of the molecule is CC(=O)c1ccc(NCC(=O)NCCc2c[nH]c3ccccc23)cc1. The van der Waals surface area contributed by atoms with Crippen LogP contribution < -0.4 is 10.6 Å². The number of para-hydroxylation sites is 1. The third-order valence-corrected chi connectivity index (χ3v) is 4.14. The molecule has 3 rings (SSSR count). The Morgan fingerprint density at radius 1 is 1.04 bits per heavy atom. The standard InChI is InChI=1S/C20H21N3O2/c1-14(24)15-6-8-17(9-7-15)22-13-20(25)21-11-10-16-12-23-19-5-3-2-4-18(16)19/h2-9,12,22-23H,10-11,13H2,1H3,(H,21,25). The first-order valence-corrected chi connectivity index (χ1v) is 8.30. The van der Waals surface area contributed by atoms with E-state index >= 15 is 0 Å². The van der Waals surface area contributed by atoms with Crippen LogP contribution in [0.5, 0.6) is 0 Å². The van der Waals surface area contributed by atoms with Crippen LogP contribution in [0.25, 0.3) is 10.9 Å². The quantitative estimate of drug-likeness (QED) is 0.581. The number of rotatable bonds is 7. The maximum atomic E-state index is 11.9. The van der Waals surface area contributed by atoms with Crippen molar-refractivity contribution in [3.63, 3.8) is 0 Å². The Morgan fingerprint density at radius 2 is 1.80 bits per heavy atom. The number of Topliss-reactive ketones (excluding diaryl/α,β-unsaturated/α-hetero) is 1. The topological polar surface area (TPSA) is 74.0 Å². The first kappa shape index (κ1) is 16.8. The highest BCUT2D eigenvalue weighted by atomic mass is 16.1. The number of carbonyl (C=O) groups is 2. The molecule has 0 bridgehead atoms. The Balaban J connectivity index is 1.44. The number of hydrogen-bond acceptors (Lipinski definition) is 3. The molecule has 2 aromatic carbocycles. The maximum Gasteiger partial charge on any atom is 0.239 e. The molecule has 0 unspecified atom stereocenters. The summed E-state index contributed by atoms with van der Waals surface area (Å²) >= 11 is 0. The number of fused-ring (bicyclic) bond motifs is 1. The van der Waals surface area contributed by atoms with Gasteiger partial charge in [0.1, 0.15) is 0 Å². The fourth-order valence-electron chi connectivity index (χ4n) is 2.74. The number of amides is 1. The molecule has 0 radical (unpaired) electrons. The summed E-state index contributed by atoms with van der Waals surface area (Å²) in [6.07, 6.45) is 2.77. The minimum atomic E-state index is -0.0597. The van der Waals surface area contributed by atoms with Crippen molar-refractivity contribution in [1.29, 1.82) is 0 Å². The number of carbonyl (C=O) groups excluding carboxylic acids is 2. The highest BCUT2D eigenvalue weighted by Gasteiger charge is 2.05. The van der Waals surface area contributed by atoms with Crippen LogP contribution >= 0.6 is 0 Å². The lowest BCUT2D eigenvalue weighted by molar-refractivity contribution is -0.119. The molecule has 25 heavy (non-hydrogen) atoms. The fourth-order valence-corrected chi connectivity index (χ4v) is 2.74. The summed E-state index contributed by atoms with van der Waals surface area (Å²) in [6.45, 7) is 2.32. The summed E-state index contributed by atoms with van der Waals surface area (Å²) in [5.74, 6) is -0.0305. The van der Waals surface area contributed by atoms with Crippen LogP contribution in [-0.2, 0) is 11.2 Å². The van der Waals surface area contributed by atoms with E-state index in [4.69, 9.17) is 0 Å². The minimum Gasteiger partial charge on any atom is -0.376 e. The van der Waals surface area contributed by atoms with E-state index in [-0.39, 0.29) is 18.2 Å². The van der Waals surface area contributed by atoms with E-state index in [1.54, 1.807) is 24.3 Å². The van der Waals surface area contributed by atoms with Gasteiger partial charge in [0.15, 0.2) is 5.78 Å². The predicted molar refractivity (Wildman–Crippen MR) is 99.9 cm³/mol. The van der Waals surface area contributed by atoms with Crippen LogP contribution in [0.3, 0.4) is 0 Å². The average Bonchev–Trinajstić information content (AvgIpc) is 3.04. The van der Waals surface area contributed by atoms with Gasteiger partial charge in [-0.1, -0.05) is 18.2 Å². The number of benzene rings is 2. The van der Waals surface area contributed by atoms with E-state index in [1.165, 1.54) is 17.9 Å². The number of H-pyrrole nitrogens is 1. The zero-order valence-electron chi connectivity index (χ0n) is 14.1. The molecule has 0 aliphatic rings. The van der Waals surface area contributed by atoms with E-state index in [0.717, 1.165) is 17.6 Å². The molecule has 0 spiro atoms. The van der Waals surface area contributed by atoms with Crippen molar-refractivity contribution in [3.8, 4) is 0 Å². The lowest BCUT2D eigenvalue weighted by Gasteiger charge is -2.08. The van der Waals surface area contributed by atoms with E-state index in [1.807, 2.05) is 24.4 Å². The second kappa shape index (κ2) is 7.66. The number of ketones is 1. The Morgan fingerprint density at radius 3 is 2.56 bits per heavy atom. The van der Waals surface area contributed by atoms with Crippen molar-refractivity contribution in [2.45, 2.75) is 13.3 Å². The highest BCUT2D eigenvalue weighted by molar-refractivity contribution is 5.94. The van der Waals surface area contributed by atoms with Gasteiger partial charge in [0.25, 0.3) is 0 Å². The molecule has 128 valence electrons. The molecule has 0 fully saturated rings. The molecule has 1 aromatic heterocycles. The summed E-state index contributed by atoms with van der Waals surface area (Å²) in [4.78, 5) is 26.4. The smallest absolute Gasteiger partial charge is 0.239 e. The maximum absolute atomic E-state index is 11.9. The normalized spacial score (nSPS) is 10.6. The zero-order chi connectivity index (χ0) is 17.6. The lowest BCUT2D eigenvalue weighted by Crippen LogP contribution is -2.31. The van der Waals surface area contributed by atoms with Gasteiger partial charge in [-0.05, 0) is 49.2 Å². The second-order valence-corrected chi connectivity index (χ2v) is 5.95. The van der Waals surface area contributed by atoms with Gasteiger partial charge in [0.05, 0.1) is 6.54 Å². The molecule has 0 aliphatic heterocycles. The monoisotopic (exact) mass is 335 g/mol. The molecule has 3 N–H and O–H groups in total. The number of nitrogens with one attached hydrogen (secondary N) is 3.